The zero-order valence-electron chi connectivity index (χ0n) is 22.2. The first kappa shape index (κ1) is 24.2. The van der Waals surface area contributed by atoms with Crippen molar-refractivity contribution in [1.82, 2.24) is 29.7 Å². The van der Waals surface area contributed by atoms with Gasteiger partial charge < -0.3 is 19.8 Å². The highest BCUT2D eigenvalue weighted by molar-refractivity contribution is 5.97. The highest BCUT2D eigenvalue weighted by Gasteiger charge is 2.49. The fourth-order valence-electron chi connectivity index (χ4n) is 7.03. The molecule has 5 heterocycles. The van der Waals surface area contributed by atoms with Gasteiger partial charge in [-0.3, -0.25) is 14.5 Å². The number of hydrogen-bond acceptors (Lipinski definition) is 4. The smallest absolute Gasteiger partial charge is 0.246 e. The van der Waals surface area contributed by atoms with Crippen LogP contribution >= 0.6 is 0 Å². The molecule has 8 nitrogen and oxygen atoms in total. The Morgan fingerprint density at radius 1 is 1.03 bits per heavy atom. The monoisotopic (exact) mass is 522 g/mol. The van der Waals surface area contributed by atoms with E-state index in [4.69, 9.17) is 0 Å². The van der Waals surface area contributed by atoms with Crippen molar-refractivity contribution in [2.45, 2.75) is 56.8 Å². The Hall–Kier alpha value is -3.91. The van der Waals surface area contributed by atoms with Crippen LogP contribution in [0.3, 0.4) is 0 Å². The lowest BCUT2D eigenvalue weighted by Gasteiger charge is -2.50. The molecular weight excluding hydrogens is 488 g/mol. The van der Waals surface area contributed by atoms with E-state index in [1.165, 1.54) is 5.56 Å². The predicted octanol–water partition coefficient (Wildman–Crippen LogP) is 4.00. The maximum absolute atomic E-state index is 14.2. The molecule has 0 aliphatic carbocycles. The Balaban J connectivity index is 1.16. The van der Waals surface area contributed by atoms with E-state index in [2.05, 4.69) is 51.0 Å². The van der Waals surface area contributed by atoms with Crippen LogP contribution in [-0.4, -0.2) is 73.2 Å². The molecule has 1 unspecified atom stereocenters. The van der Waals surface area contributed by atoms with Crippen molar-refractivity contribution in [2.75, 3.05) is 19.6 Å². The molecule has 3 atom stereocenters. The topological polar surface area (TPSA) is 88.3 Å². The van der Waals surface area contributed by atoms with Gasteiger partial charge in [0.25, 0.3) is 0 Å². The highest BCUT2D eigenvalue weighted by atomic mass is 16.2. The molecular formula is C31H34N6O2. The Morgan fingerprint density at radius 2 is 1.79 bits per heavy atom. The van der Waals surface area contributed by atoms with Gasteiger partial charge in [-0.25, -0.2) is 4.98 Å². The Kier molecular flexibility index (Phi) is 6.00. The van der Waals surface area contributed by atoms with Gasteiger partial charge in [0.1, 0.15) is 18.4 Å². The van der Waals surface area contributed by atoms with Crippen molar-refractivity contribution in [2.24, 2.45) is 0 Å². The maximum atomic E-state index is 14.2. The Bertz CT molecular complexity index is 1490. The zero-order valence-corrected chi connectivity index (χ0v) is 22.2. The van der Waals surface area contributed by atoms with Gasteiger partial charge in [0.2, 0.25) is 11.8 Å². The van der Waals surface area contributed by atoms with E-state index in [-0.39, 0.29) is 36.5 Å². The first-order chi connectivity index (χ1) is 19.1. The van der Waals surface area contributed by atoms with E-state index in [1.54, 1.807) is 6.20 Å². The number of fused-ring (bicyclic) bond motifs is 4. The normalized spacial score (nSPS) is 23.2. The van der Waals surface area contributed by atoms with E-state index in [9.17, 15) is 9.59 Å². The second kappa shape index (κ2) is 9.68. The van der Waals surface area contributed by atoms with Crippen LogP contribution in [0.15, 0.2) is 67.0 Å². The van der Waals surface area contributed by atoms with E-state index < -0.39 is 6.04 Å². The number of amides is 2. The molecule has 4 aromatic rings. The number of imidazole rings is 1. The molecule has 0 spiro atoms. The Morgan fingerprint density at radius 3 is 2.56 bits per heavy atom. The molecule has 200 valence electrons. The van der Waals surface area contributed by atoms with Crippen molar-refractivity contribution >= 4 is 22.7 Å². The molecule has 2 N–H and O–H groups in total. The number of benzene rings is 2. The summed E-state index contributed by atoms with van der Waals surface area (Å²) in [6.07, 6.45) is 6.61. The number of H-pyrrole nitrogens is 2. The lowest BCUT2D eigenvalue weighted by Crippen LogP contribution is -2.65. The van der Waals surface area contributed by atoms with Crippen molar-refractivity contribution in [3.05, 3.63) is 89.6 Å². The first-order valence-corrected chi connectivity index (χ1v) is 14.1. The van der Waals surface area contributed by atoms with Crippen LogP contribution in [0.5, 0.6) is 0 Å². The molecule has 3 aliphatic rings. The van der Waals surface area contributed by atoms with Crippen LogP contribution in [0.4, 0.5) is 0 Å². The molecule has 3 aliphatic heterocycles. The molecule has 2 aromatic carbocycles. The summed E-state index contributed by atoms with van der Waals surface area (Å²) in [6.45, 7) is 4.08. The lowest BCUT2D eigenvalue weighted by molar-refractivity contribution is -0.163. The number of nitrogens with zero attached hydrogens (tertiary/aromatic N) is 4. The first-order valence-electron chi connectivity index (χ1n) is 14.1. The van der Waals surface area contributed by atoms with Crippen LogP contribution < -0.4 is 0 Å². The predicted molar refractivity (Wildman–Crippen MR) is 149 cm³/mol. The van der Waals surface area contributed by atoms with Crippen LogP contribution in [0.1, 0.15) is 54.5 Å². The molecule has 39 heavy (non-hydrogen) atoms. The molecule has 0 bridgehead atoms. The van der Waals surface area contributed by atoms with E-state index in [1.807, 2.05) is 46.3 Å². The highest BCUT2D eigenvalue weighted by Crippen LogP contribution is 2.41. The standard InChI is InChI=1S/C31H34N6O2/c1-20(30-32-13-14-33-30)35-15-11-22(12-16-35)36-19-28(38)37-26(17-21-7-3-2-4-8-21)29-24(18-27(37)31(36)39)23-9-5-6-10-25(23)34-29/h2-10,13-14,20,22,26-27,34H,11-12,15-19H2,1H3,(H,32,33)/t20?,26-,27-/m1/s1. The van der Waals surface area contributed by atoms with Crippen molar-refractivity contribution in [1.29, 1.82) is 0 Å². The largest absolute Gasteiger partial charge is 0.356 e. The molecule has 2 saturated heterocycles. The van der Waals surface area contributed by atoms with Crippen molar-refractivity contribution in [3.63, 3.8) is 0 Å². The number of carbonyl (C=O) groups excluding carboxylic acids is 2. The number of carbonyl (C=O) groups is 2. The summed E-state index contributed by atoms with van der Waals surface area (Å²) < 4.78 is 0. The quantitative estimate of drug-likeness (QED) is 0.415. The summed E-state index contributed by atoms with van der Waals surface area (Å²) in [5, 5.41) is 1.16. The third-order valence-corrected chi connectivity index (χ3v) is 9.09. The van der Waals surface area contributed by atoms with Gasteiger partial charge in [0, 0.05) is 54.5 Å². The fraction of sp³-hybridized carbons (Fsp3) is 0.387. The van der Waals surface area contributed by atoms with Crippen LogP contribution in [0.25, 0.3) is 10.9 Å². The summed E-state index contributed by atoms with van der Waals surface area (Å²) in [7, 11) is 0. The number of rotatable bonds is 5. The van der Waals surface area contributed by atoms with Gasteiger partial charge in [-0.05, 0) is 43.4 Å². The number of aromatic amines is 2. The number of piperidine rings is 1. The second-order valence-corrected chi connectivity index (χ2v) is 11.2. The van der Waals surface area contributed by atoms with Gasteiger partial charge in [0.05, 0.1) is 12.1 Å². The lowest BCUT2D eigenvalue weighted by atomic mass is 9.86. The summed E-state index contributed by atoms with van der Waals surface area (Å²) in [6, 6.07) is 18.2. The number of hydrogen-bond donors (Lipinski definition) is 2. The Labute approximate surface area is 228 Å². The molecule has 2 aromatic heterocycles. The summed E-state index contributed by atoms with van der Waals surface area (Å²) in [4.78, 5) is 45.5. The number of para-hydroxylation sites is 1. The second-order valence-electron chi connectivity index (χ2n) is 11.2. The van der Waals surface area contributed by atoms with E-state index >= 15 is 0 Å². The third-order valence-electron chi connectivity index (χ3n) is 9.09. The van der Waals surface area contributed by atoms with Gasteiger partial charge in [-0.1, -0.05) is 48.5 Å². The molecule has 0 saturated carbocycles. The van der Waals surface area contributed by atoms with Gasteiger partial charge in [-0.15, -0.1) is 0 Å². The zero-order chi connectivity index (χ0) is 26.5. The minimum Gasteiger partial charge on any atom is -0.356 e. The summed E-state index contributed by atoms with van der Waals surface area (Å²) in [5.74, 6) is 1.12. The third kappa shape index (κ3) is 4.14. The van der Waals surface area contributed by atoms with Crippen LogP contribution in [0, 0.1) is 0 Å². The molecule has 7 rings (SSSR count). The number of likely N-dealkylation sites (tertiary alicyclic amines) is 1. The summed E-state index contributed by atoms with van der Waals surface area (Å²) >= 11 is 0. The average Bonchev–Trinajstić information content (AvgIpc) is 3.64. The number of nitrogens with one attached hydrogen (secondary N) is 2. The molecule has 2 fully saturated rings. The summed E-state index contributed by atoms with van der Waals surface area (Å²) in [5.41, 5.74) is 4.48. The molecule has 2 amide bonds. The van der Waals surface area contributed by atoms with Crippen LogP contribution in [0.2, 0.25) is 0 Å². The number of aromatic nitrogens is 3. The van der Waals surface area contributed by atoms with Gasteiger partial charge >= 0.3 is 0 Å². The van der Waals surface area contributed by atoms with E-state index in [0.717, 1.165) is 53.9 Å². The number of piperazine rings is 1. The van der Waals surface area contributed by atoms with Crippen molar-refractivity contribution in [3.8, 4) is 0 Å². The molecule has 8 heteroatoms. The van der Waals surface area contributed by atoms with Crippen LogP contribution in [-0.2, 0) is 22.4 Å². The van der Waals surface area contributed by atoms with Gasteiger partial charge in [0.15, 0.2) is 0 Å². The minimum absolute atomic E-state index is 0.0521. The minimum atomic E-state index is -0.466. The van der Waals surface area contributed by atoms with E-state index in [0.29, 0.717) is 12.8 Å². The average molecular weight is 523 g/mol. The SMILES string of the molecule is CC(c1ncc[nH]1)N1CCC(N2CC(=O)N3[C@H](Cc4c([nH]c5ccccc45)[C@H]3Cc3ccccc3)C2=O)CC1. The maximum Gasteiger partial charge on any atom is 0.246 e. The fourth-order valence-corrected chi connectivity index (χ4v) is 7.03. The van der Waals surface area contributed by atoms with Crippen molar-refractivity contribution < 1.29 is 9.59 Å². The molecule has 0 radical (unpaired) electrons. The van der Waals surface area contributed by atoms with Gasteiger partial charge in [-0.2, -0.15) is 0 Å².